The Morgan fingerprint density at radius 3 is 2.50 bits per heavy atom. The second kappa shape index (κ2) is 5.81. The molecule has 0 aliphatic rings. The molecule has 0 aromatic carbocycles. The van der Waals surface area contributed by atoms with Gasteiger partial charge in [0, 0.05) is 12.6 Å². The first-order chi connectivity index (χ1) is 8.33. The van der Waals surface area contributed by atoms with Crippen molar-refractivity contribution < 1.29 is 8.42 Å². The first kappa shape index (κ1) is 15.1. The highest BCUT2D eigenvalue weighted by atomic mass is 32.2. The number of nitrogens with zero attached hydrogens (tertiary/aromatic N) is 1. The van der Waals surface area contributed by atoms with Crippen LogP contribution in [-0.2, 0) is 16.6 Å². The number of aryl methyl sites for hydroxylation is 1. The van der Waals surface area contributed by atoms with Crippen LogP contribution in [-0.4, -0.2) is 24.7 Å². The number of rotatable bonds is 6. The number of aromatic amines is 1. The summed E-state index contributed by atoms with van der Waals surface area (Å²) in [6.45, 7) is 7.71. The van der Waals surface area contributed by atoms with E-state index in [0.717, 1.165) is 6.42 Å². The van der Waals surface area contributed by atoms with Gasteiger partial charge in [-0.25, -0.2) is 13.1 Å². The fraction of sp³-hybridized carbons (Fsp3) is 0.727. The second-order valence-electron chi connectivity index (χ2n) is 4.71. The summed E-state index contributed by atoms with van der Waals surface area (Å²) >= 11 is 0. The van der Waals surface area contributed by atoms with Crippen LogP contribution in [0.4, 0.5) is 0 Å². The SMILES string of the molecule is CCC(NS(=O)(=O)c1c(CN)n[nH]c1C)C(C)C. The highest BCUT2D eigenvalue weighted by Crippen LogP contribution is 2.19. The molecule has 0 bridgehead atoms. The number of aromatic nitrogens is 2. The second-order valence-corrected chi connectivity index (χ2v) is 6.36. The molecular weight excluding hydrogens is 252 g/mol. The minimum Gasteiger partial charge on any atom is -0.325 e. The van der Waals surface area contributed by atoms with E-state index in [-0.39, 0.29) is 23.4 Å². The van der Waals surface area contributed by atoms with Gasteiger partial charge in [0.25, 0.3) is 0 Å². The summed E-state index contributed by atoms with van der Waals surface area (Å²) in [5.74, 6) is 0.235. The van der Waals surface area contributed by atoms with Gasteiger partial charge in [-0.2, -0.15) is 5.10 Å². The van der Waals surface area contributed by atoms with Gasteiger partial charge < -0.3 is 5.73 Å². The van der Waals surface area contributed by atoms with Gasteiger partial charge in [0.1, 0.15) is 4.90 Å². The molecule has 1 atom stereocenters. The fourth-order valence-electron chi connectivity index (χ4n) is 1.91. The molecule has 4 N–H and O–H groups in total. The van der Waals surface area contributed by atoms with Crippen LogP contribution in [0.15, 0.2) is 4.90 Å². The summed E-state index contributed by atoms with van der Waals surface area (Å²) in [5.41, 5.74) is 6.40. The molecule has 7 heteroatoms. The van der Waals surface area contributed by atoms with Crippen LogP contribution in [0, 0.1) is 12.8 Å². The number of H-pyrrole nitrogens is 1. The Hall–Kier alpha value is -0.920. The molecule has 0 fully saturated rings. The normalized spacial score (nSPS) is 14.1. The highest BCUT2D eigenvalue weighted by molar-refractivity contribution is 7.89. The zero-order chi connectivity index (χ0) is 13.9. The molecule has 0 amide bonds. The zero-order valence-corrected chi connectivity index (χ0v) is 12.1. The van der Waals surface area contributed by atoms with Crippen molar-refractivity contribution in [3.8, 4) is 0 Å². The Labute approximate surface area is 108 Å². The van der Waals surface area contributed by atoms with Crippen molar-refractivity contribution in [3.63, 3.8) is 0 Å². The Balaban J connectivity index is 3.10. The molecule has 0 radical (unpaired) electrons. The van der Waals surface area contributed by atoms with Crippen LogP contribution in [0.25, 0.3) is 0 Å². The van der Waals surface area contributed by atoms with E-state index in [9.17, 15) is 8.42 Å². The standard InChI is InChI=1S/C11H22N4O2S/c1-5-9(7(2)3)15-18(16,17)11-8(4)13-14-10(11)6-12/h7,9,15H,5-6,12H2,1-4H3,(H,13,14). The lowest BCUT2D eigenvalue weighted by molar-refractivity contribution is 0.437. The highest BCUT2D eigenvalue weighted by Gasteiger charge is 2.27. The number of hydrogen-bond donors (Lipinski definition) is 3. The lowest BCUT2D eigenvalue weighted by atomic mass is 10.0. The molecule has 1 aromatic heterocycles. The number of nitrogens with one attached hydrogen (secondary N) is 2. The van der Waals surface area contributed by atoms with Crippen molar-refractivity contribution in [3.05, 3.63) is 11.4 Å². The van der Waals surface area contributed by atoms with Crippen molar-refractivity contribution in [2.24, 2.45) is 11.7 Å². The van der Waals surface area contributed by atoms with E-state index in [0.29, 0.717) is 11.4 Å². The number of nitrogens with two attached hydrogens (primary N) is 1. The Kier molecular flexibility index (Phi) is 4.89. The summed E-state index contributed by atoms with van der Waals surface area (Å²) in [5, 5.41) is 6.57. The summed E-state index contributed by atoms with van der Waals surface area (Å²) in [7, 11) is -3.57. The van der Waals surface area contributed by atoms with Gasteiger partial charge in [0.15, 0.2) is 0 Å². The van der Waals surface area contributed by atoms with Gasteiger partial charge >= 0.3 is 0 Å². The van der Waals surface area contributed by atoms with Crippen LogP contribution in [0.2, 0.25) is 0 Å². The van der Waals surface area contributed by atoms with Crippen LogP contribution in [0.5, 0.6) is 0 Å². The first-order valence-corrected chi connectivity index (χ1v) is 7.58. The van der Waals surface area contributed by atoms with E-state index < -0.39 is 10.0 Å². The Morgan fingerprint density at radius 2 is 2.06 bits per heavy atom. The molecule has 0 saturated carbocycles. The van der Waals surface area contributed by atoms with Crippen molar-refractivity contribution >= 4 is 10.0 Å². The molecule has 104 valence electrons. The summed E-state index contributed by atoms with van der Waals surface area (Å²) in [6.07, 6.45) is 0.742. The van der Waals surface area contributed by atoms with Crippen LogP contribution in [0.1, 0.15) is 38.6 Å². The lowest BCUT2D eigenvalue weighted by Gasteiger charge is -2.20. The number of hydrogen-bond acceptors (Lipinski definition) is 4. The molecule has 0 saturated heterocycles. The van der Waals surface area contributed by atoms with E-state index >= 15 is 0 Å². The summed E-state index contributed by atoms with van der Waals surface area (Å²) < 4.78 is 27.4. The fourth-order valence-corrected chi connectivity index (χ4v) is 3.76. The average Bonchev–Trinajstić information content (AvgIpc) is 2.67. The molecule has 18 heavy (non-hydrogen) atoms. The third-order valence-corrected chi connectivity index (χ3v) is 4.67. The van der Waals surface area contributed by atoms with Crippen molar-refractivity contribution in [2.75, 3.05) is 0 Å². The minimum atomic E-state index is -3.57. The van der Waals surface area contributed by atoms with Crippen LogP contribution >= 0.6 is 0 Å². The van der Waals surface area contributed by atoms with E-state index in [1.807, 2.05) is 20.8 Å². The molecule has 1 unspecified atom stereocenters. The van der Waals surface area contributed by atoms with Crippen molar-refractivity contribution in [1.29, 1.82) is 0 Å². The Morgan fingerprint density at radius 1 is 1.44 bits per heavy atom. The van der Waals surface area contributed by atoms with Gasteiger partial charge in [-0.05, 0) is 19.3 Å². The van der Waals surface area contributed by atoms with Crippen LogP contribution in [0.3, 0.4) is 0 Å². The molecule has 1 aromatic rings. The van der Waals surface area contributed by atoms with E-state index in [1.165, 1.54) is 0 Å². The third kappa shape index (κ3) is 3.09. The molecule has 1 heterocycles. The number of sulfonamides is 1. The topological polar surface area (TPSA) is 101 Å². The minimum absolute atomic E-state index is 0.0880. The quantitative estimate of drug-likeness (QED) is 0.717. The van der Waals surface area contributed by atoms with Gasteiger partial charge in [-0.3, -0.25) is 5.10 Å². The summed E-state index contributed by atoms with van der Waals surface area (Å²) in [4.78, 5) is 0.184. The van der Waals surface area contributed by atoms with Gasteiger partial charge in [0.05, 0.1) is 11.4 Å². The molecule has 1 rings (SSSR count). The smallest absolute Gasteiger partial charge is 0.244 e. The molecular formula is C11H22N4O2S. The van der Waals surface area contributed by atoms with Crippen molar-refractivity contribution in [1.82, 2.24) is 14.9 Å². The maximum Gasteiger partial charge on any atom is 0.244 e. The molecule has 6 nitrogen and oxygen atoms in total. The van der Waals surface area contributed by atoms with E-state index in [1.54, 1.807) is 6.92 Å². The van der Waals surface area contributed by atoms with Crippen LogP contribution < -0.4 is 10.5 Å². The van der Waals surface area contributed by atoms with E-state index in [2.05, 4.69) is 14.9 Å². The van der Waals surface area contributed by atoms with E-state index in [4.69, 9.17) is 5.73 Å². The average molecular weight is 274 g/mol. The monoisotopic (exact) mass is 274 g/mol. The zero-order valence-electron chi connectivity index (χ0n) is 11.3. The lowest BCUT2D eigenvalue weighted by Crippen LogP contribution is -2.38. The predicted molar refractivity (Wildman–Crippen MR) is 70.5 cm³/mol. The first-order valence-electron chi connectivity index (χ1n) is 6.09. The maximum atomic E-state index is 12.3. The predicted octanol–water partition coefficient (Wildman–Crippen LogP) is 0.890. The van der Waals surface area contributed by atoms with Crippen molar-refractivity contribution in [2.45, 2.75) is 51.6 Å². The summed E-state index contributed by atoms with van der Waals surface area (Å²) in [6, 6.07) is -0.0880. The van der Waals surface area contributed by atoms with Gasteiger partial charge in [-0.15, -0.1) is 0 Å². The van der Waals surface area contributed by atoms with Gasteiger partial charge in [0.2, 0.25) is 10.0 Å². The Bertz CT molecular complexity index is 493. The molecule has 0 aliphatic heterocycles. The molecule has 0 spiro atoms. The molecule has 0 aliphatic carbocycles. The third-order valence-electron chi connectivity index (χ3n) is 2.97. The largest absolute Gasteiger partial charge is 0.325 e. The van der Waals surface area contributed by atoms with Gasteiger partial charge in [-0.1, -0.05) is 20.8 Å². The maximum absolute atomic E-state index is 12.3.